The highest BCUT2D eigenvalue weighted by Crippen LogP contribution is 2.22. The standard InChI is InChI=1S/C16H24N4.C3H8/c1-6-8-12(2)15-14(10-7-9-13(3)17-4)11-19-16(18-5)20-15;1-3-2/h6,8,11-12H,3-4,7,9-10H2,1-2,5H3,(H,18,19,20);3H2,1-2H3/b8-6-;. The highest BCUT2D eigenvalue weighted by molar-refractivity contribution is 5.32. The van der Waals surface area contributed by atoms with Crippen LogP contribution in [-0.4, -0.2) is 23.7 Å². The minimum absolute atomic E-state index is 0.283. The van der Waals surface area contributed by atoms with Gasteiger partial charge in [-0.2, -0.15) is 0 Å². The molecule has 1 heterocycles. The molecule has 4 nitrogen and oxygen atoms in total. The van der Waals surface area contributed by atoms with Crippen LogP contribution in [0, 0.1) is 0 Å². The van der Waals surface area contributed by atoms with Gasteiger partial charge in [-0.3, -0.25) is 4.99 Å². The number of hydrogen-bond acceptors (Lipinski definition) is 4. The first kappa shape index (κ1) is 21.0. The van der Waals surface area contributed by atoms with Crippen molar-refractivity contribution in [2.24, 2.45) is 4.99 Å². The fourth-order valence-electron chi connectivity index (χ4n) is 2.07. The van der Waals surface area contributed by atoms with Crippen LogP contribution in [0.4, 0.5) is 5.95 Å². The van der Waals surface area contributed by atoms with Gasteiger partial charge >= 0.3 is 0 Å². The van der Waals surface area contributed by atoms with Crippen LogP contribution in [0.15, 0.2) is 35.6 Å². The van der Waals surface area contributed by atoms with Crippen LogP contribution < -0.4 is 5.32 Å². The zero-order valence-electron chi connectivity index (χ0n) is 15.4. The Morgan fingerprint density at radius 2 is 2.09 bits per heavy atom. The summed E-state index contributed by atoms with van der Waals surface area (Å²) in [7, 11) is 1.83. The second kappa shape index (κ2) is 12.6. The molecule has 0 saturated carbocycles. The number of aryl methyl sites for hydroxylation is 1. The zero-order chi connectivity index (χ0) is 17.7. The van der Waals surface area contributed by atoms with Gasteiger partial charge in [-0.1, -0.05) is 45.9 Å². The summed E-state index contributed by atoms with van der Waals surface area (Å²) >= 11 is 0. The van der Waals surface area contributed by atoms with Crippen molar-refractivity contribution >= 4 is 12.7 Å². The minimum atomic E-state index is 0.283. The maximum atomic E-state index is 4.60. The molecule has 1 N–H and O–H groups in total. The Bertz CT molecular complexity index is 506. The quantitative estimate of drug-likeness (QED) is 0.533. The fourth-order valence-corrected chi connectivity index (χ4v) is 2.07. The molecule has 23 heavy (non-hydrogen) atoms. The smallest absolute Gasteiger partial charge is 0.222 e. The highest BCUT2D eigenvalue weighted by Gasteiger charge is 2.11. The third kappa shape index (κ3) is 8.29. The van der Waals surface area contributed by atoms with Gasteiger partial charge in [-0.05, 0) is 38.5 Å². The molecule has 0 aliphatic heterocycles. The Hall–Kier alpha value is -1.97. The maximum absolute atomic E-state index is 4.60. The lowest BCUT2D eigenvalue weighted by Gasteiger charge is -2.13. The Kier molecular flexibility index (Phi) is 11.5. The second-order valence-electron chi connectivity index (χ2n) is 5.45. The zero-order valence-corrected chi connectivity index (χ0v) is 15.4. The van der Waals surface area contributed by atoms with Crippen molar-refractivity contribution in [3.05, 3.63) is 41.9 Å². The van der Waals surface area contributed by atoms with Gasteiger partial charge in [0.05, 0.1) is 5.69 Å². The van der Waals surface area contributed by atoms with Gasteiger partial charge in [-0.25, -0.2) is 9.97 Å². The van der Waals surface area contributed by atoms with E-state index in [2.05, 4.69) is 66.5 Å². The summed E-state index contributed by atoms with van der Waals surface area (Å²) in [5.74, 6) is 0.947. The summed E-state index contributed by atoms with van der Waals surface area (Å²) in [6.07, 6.45) is 10.1. The van der Waals surface area contributed by atoms with Gasteiger partial charge in [0, 0.05) is 24.9 Å². The van der Waals surface area contributed by atoms with Crippen molar-refractivity contribution in [2.75, 3.05) is 12.4 Å². The summed E-state index contributed by atoms with van der Waals surface area (Å²) < 4.78 is 0. The SMILES string of the molecule is C=NC(=C)CCCc1cnc(NC)nc1C(C)/C=C\C.CCC. The average Bonchev–Trinajstić information content (AvgIpc) is 2.55. The lowest BCUT2D eigenvalue weighted by molar-refractivity contribution is 0.770. The second-order valence-corrected chi connectivity index (χ2v) is 5.45. The third-order valence-electron chi connectivity index (χ3n) is 3.17. The van der Waals surface area contributed by atoms with E-state index in [4.69, 9.17) is 0 Å². The molecule has 4 heteroatoms. The highest BCUT2D eigenvalue weighted by atomic mass is 15.1. The molecule has 0 saturated heterocycles. The number of aliphatic imine (C=N–C) groups is 1. The van der Waals surface area contributed by atoms with Gasteiger partial charge in [0.25, 0.3) is 0 Å². The number of allylic oxidation sites excluding steroid dienone is 3. The van der Waals surface area contributed by atoms with Gasteiger partial charge in [0.1, 0.15) is 0 Å². The van der Waals surface area contributed by atoms with Crippen LogP contribution >= 0.6 is 0 Å². The fraction of sp³-hybridized carbons (Fsp3) is 0.526. The van der Waals surface area contributed by atoms with Crippen molar-refractivity contribution < 1.29 is 0 Å². The summed E-state index contributed by atoms with van der Waals surface area (Å²) in [4.78, 5) is 12.7. The Labute approximate surface area is 141 Å². The van der Waals surface area contributed by atoms with Crippen molar-refractivity contribution in [3.63, 3.8) is 0 Å². The summed E-state index contributed by atoms with van der Waals surface area (Å²) in [5, 5.41) is 2.99. The molecule has 0 fully saturated rings. The molecule has 0 bridgehead atoms. The van der Waals surface area contributed by atoms with E-state index < -0.39 is 0 Å². The van der Waals surface area contributed by atoms with Crippen molar-refractivity contribution in [2.45, 2.75) is 59.3 Å². The summed E-state index contributed by atoms with van der Waals surface area (Å²) in [5.41, 5.74) is 3.10. The largest absolute Gasteiger partial charge is 0.357 e. The molecule has 1 aromatic heterocycles. The van der Waals surface area contributed by atoms with E-state index in [0.717, 1.165) is 30.7 Å². The number of nitrogens with zero attached hydrogens (tertiary/aromatic N) is 3. The Balaban J connectivity index is 0.00000149. The van der Waals surface area contributed by atoms with E-state index in [1.165, 1.54) is 12.0 Å². The lowest BCUT2D eigenvalue weighted by atomic mass is 9.99. The summed E-state index contributed by atoms with van der Waals surface area (Å²) in [6.45, 7) is 15.7. The van der Waals surface area contributed by atoms with Crippen LogP contribution in [0.5, 0.6) is 0 Å². The van der Waals surface area contributed by atoms with Crippen molar-refractivity contribution in [1.82, 2.24) is 9.97 Å². The number of aromatic nitrogens is 2. The molecule has 1 unspecified atom stereocenters. The van der Waals surface area contributed by atoms with Crippen LogP contribution in [0.3, 0.4) is 0 Å². The molecule has 0 radical (unpaired) electrons. The van der Waals surface area contributed by atoms with E-state index in [9.17, 15) is 0 Å². The van der Waals surface area contributed by atoms with E-state index >= 15 is 0 Å². The first-order valence-electron chi connectivity index (χ1n) is 8.34. The van der Waals surface area contributed by atoms with Crippen LogP contribution in [0.1, 0.15) is 64.1 Å². The normalized spacial score (nSPS) is 11.5. The number of rotatable bonds is 8. The van der Waals surface area contributed by atoms with E-state index in [-0.39, 0.29) is 5.92 Å². The molecule has 0 aliphatic carbocycles. The van der Waals surface area contributed by atoms with Crippen LogP contribution in [-0.2, 0) is 6.42 Å². The lowest BCUT2D eigenvalue weighted by Crippen LogP contribution is -2.06. The molecule has 1 aromatic rings. The maximum Gasteiger partial charge on any atom is 0.222 e. The predicted octanol–water partition coefficient (Wildman–Crippen LogP) is 5.15. The Morgan fingerprint density at radius 3 is 2.61 bits per heavy atom. The molecule has 128 valence electrons. The van der Waals surface area contributed by atoms with E-state index in [1.807, 2.05) is 20.2 Å². The molecule has 0 spiro atoms. The third-order valence-corrected chi connectivity index (χ3v) is 3.17. The van der Waals surface area contributed by atoms with Gasteiger partial charge < -0.3 is 5.32 Å². The first-order valence-corrected chi connectivity index (χ1v) is 8.34. The molecule has 1 rings (SSSR count). The number of nitrogens with one attached hydrogen (secondary N) is 1. The van der Waals surface area contributed by atoms with Gasteiger partial charge in [0.15, 0.2) is 0 Å². The number of hydrogen-bond donors (Lipinski definition) is 1. The molecule has 0 aliphatic rings. The predicted molar refractivity (Wildman–Crippen MR) is 102 cm³/mol. The van der Waals surface area contributed by atoms with E-state index in [0.29, 0.717) is 5.95 Å². The minimum Gasteiger partial charge on any atom is -0.357 e. The molecule has 1 atom stereocenters. The monoisotopic (exact) mass is 316 g/mol. The average molecular weight is 316 g/mol. The van der Waals surface area contributed by atoms with Gasteiger partial charge in [0.2, 0.25) is 5.95 Å². The van der Waals surface area contributed by atoms with E-state index in [1.54, 1.807) is 0 Å². The molecule has 0 aromatic carbocycles. The molecule has 0 amide bonds. The Morgan fingerprint density at radius 1 is 1.43 bits per heavy atom. The van der Waals surface area contributed by atoms with Crippen LogP contribution in [0.2, 0.25) is 0 Å². The topological polar surface area (TPSA) is 50.2 Å². The first-order chi connectivity index (χ1) is 11.0. The molecular formula is C19H32N4. The summed E-state index contributed by atoms with van der Waals surface area (Å²) in [6, 6.07) is 0. The van der Waals surface area contributed by atoms with Gasteiger partial charge in [-0.15, -0.1) is 0 Å². The van der Waals surface area contributed by atoms with Crippen LogP contribution in [0.25, 0.3) is 0 Å². The van der Waals surface area contributed by atoms with Crippen molar-refractivity contribution in [1.29, 1.82) is 0 Å². The number of anilines is 1. The molecular weight excluding hydrogens is 284 g/mol. The van der Waals surface area contributed by atoms with Crippen molar-refractivity contribution in [3.8, 4) is 0 Å².